The zero-order chi connectivity index (χ0) is 14.6. The van der Waals surface area contributed by atoms with Crippen molar-refractivity contribution >= 4 is 29.1 Å². The highest BCUT2D eigenvalue weighted by atomic mass is 35.5. The molecular weight excluding hydrogens is 274 g/mol. The number of primary amides is 1. The first-order valence-electron chi connectivity index (χ1n) is 5.34. The fourth-order valence-corrected chi connectivity index (χ4v) is 1.66. The Labute approximate surface area is 113 Å². The number of amides is 2. The van der Waals surface area contributed by atoms with Crippen LogP contribution < -0.4 is 11.1 Å². The first kappa shape index (κ1) is 14.9. The van der Waals surface area contributed by atoms with E-state index < -0.39 is 22.8 Å². The Kier molecular flexibility index (Phi) is 4.82. The number of nitro groups is 1. The van der Waals surface area contributed by atoms with E-state index in [4.69, 9.17) is 17.3 Å². The third kappa shape index (κ3) is 4.22. The molecule has 0 radical (unpaired) electrons. The largest absolute Gasteiger partial charge is 0.370 e. The molecule has 1 rings (SSSR count). The lowest BCUT2D eigenvalue weighted by Gasteiger charge is -2.12. The van der Waals surface area contributed by atoms with Gasteiger partial charge in [0.15, 0.2) is 0 Å². The van der Waals surface area contributed by atoms with Crippen LogP contribution in [0.3, 0.4) is 0 Å². The van der Waals surface area contributed by atoms with Gasteiger partial charge in [0.1, 0.15) is 0 Å². The summed E-state index contributed by atoms with van der Waals surface area (Å²) in [6, 6.07) is 3.06. The first-order valence-corrected chi connectivity index (χ1v) is 5.72. The number of nitro benzene ring substituents is 1. The smallest absolute Gasteiger partial charge is 0.270 e. The summed E-state index contributed by atoms with van der Waals surface area (Å²) in [4.78, 5) is 32.6. The monoisotopic (exact) mass is 285 g/mol. The maximum atomic E-state index is 11.9. The number of nitrogens with one attached hydrogen (secondary N) is 1. The molecule has 0 bridgehead atoms. The Morgan fingerprint density at radius 2 is 2.16 bits per heavy atom. The normalized spacial score (nSPS) is 11.7. The van der Waals surface area contributed by atoms with Crippen LogP contribution in [-0.4, -0.2) is 22.8 Å². The van der Waals surface area contributed by atoms with Crippen molar-refractivity contribution in [1.82, 2.24) is 5.32 Å². The lowest BCUT2D eigenvalue weighted by molar-refractivity contribution is -0.384. The van der Waals surface area contributed by atoms with Crippen molar-refractivity contribution in [1.29, 1.82) is 0 Å². The van der Waals surface area contributed by atoms with Gasteiger partial charge in [-0.05, 0) is 13.0 Å². The van der Waals surface area contributed by atoms with E-state index in [1.165, 1.54) is 12.1 Å². The molecule has 0 aliphatic carbocycles. The van der Waals surface area contributed by atoms with E-state index in [2.05, 4.69) is 5.32 Å². The van der Waals surface area contributed by atoms with Gasteiger partial charge in [0.05, 0.1) is 15.5 Å². The van der Waals surface area contributed by atoms with E-state index in [1.54, 1.807) is 6.92 Å². The van der Waals surface area contributed by atoms with Crippen LogP contribution in [0.1, 0.15) is 23.7 Å². The van der Waals surface area contributed by atoms with Gasteiger partial charge in [0.25, 0.3) is 11.6 Å². The van der Waals surface area contributed by atoms with Gasteiger partial charge in [-0.15, -0.1) is 0 Å². The SMILES string of the molecule is CC(CC(N)=O)NC(=O)c1cc([N+](=O)[O-])ccc1Cl. The van der Waals surface area contributed by atoms with Gasteiger partial charge in [-0.3, -0.25) is 19.7 Å². The Bertz CT molecular complexity index is 533. The van der Waals surface area contributed by atoms with Gasteiger partial charge in [0, 0.05) is 24.6 Å². The van der Waals surface area contributed by atoms with Gasteiger partial charge in [-0.2, -0.15) is 0 Å². The maximum absolute atomic E-state index is 11.9. The summed E-state index contributed by atoms with van der Waals surface area (Å²) in [7, 11) is 0. The Morgan fingerprint density at radius 1 is 1.53 bits per heavy atom. The number of rotatable bonds is 5. The predicted octanol–water partition coefficient (Wildman–Crippen LogP) is 1.24. The van der Waals surface area contributed by atoms with Crippen molar-refractivity contribution in [3.05, 3.63) is 38.9 Å². The summed E-state index contributed by atoms with van der Waals surface area (Å²) in [5.74, 6) is -1.15. The molecule has 0 saturated heterocycles. The van der Waals surface area contributed by atoms with E-state index in [0.717, 1.165) is 6.07 Å². The van der Waals surface area contributed by atoms with E-state index in [9.17, 15) is 19.7 Å². The molecule has 8 heteroatoms. The average Bonchev–Trinajstić information content (AvgIpc) is 2.27. The van der Waals surface area contributed by atoms with Gasteiger partial charge >= 0.3 is 0 Å². The number of hydrogen-bond donors (Lipinski definition) is 2. The van der Waals surface area contributed by atoms with Crippen molar-refractivity contribution in [2.24, 2.45) is 5.73 Å². The predicted molar refractivity (Wildman–Crippen MR) is 68.8 cm³/mol. The number of carbonyl (C=O) groups is 2. The van der Waals surface area contributed by atoms with E-state index in [0.29, 0.717) is 0 Å². The standard InChI is InChI=1S/C11H12ClN3O4/c1-6(4-10(13)16)14-11(17)8-5-7(15(18)19)2-3-9(8)12/h2-3,5-6H,4H2,1H3,(H2,13,16)(H,14,17). The molecule has 0 aliphatic rings. The van der Waals surface area contributed by atoms with Crippen molar-refractivity contribution < 1.29 is 14.5 Å². The third-order valence-electron chi connectivity index (χ3n) is 2.29. The summed E-state index contributed by atoms with van der Waals surface area (Å²) in [6.45, 7) is 1.59. The molecule has 3 N–H and O–H groups in total. The lowest BCUT2D eigenvalue weighted by atomic mass is 10.1. The zero-order valence-corrected chi connectivity index (χ0v) is 10.8. The molecule has 2 amide bonds. The molecule has 1 aromatic rings. The number of halogens is 1. The number of non-ortho nitro benzene ring substituents is 1. The van der Waals surface area contributed by atoms with Gasteiger partial charge < -0.3 is 11.1 Å². The molecule has 0 spiro atoms. The molecule has 7 nitrogen and oxygen atoms in total. The Hall–Kier alpha value is -2.15. The van der Waals surface area contributed by atoms with Gasteiger partial charge in [-0.25, -0.2) is 0 Å². The molecule has 0 saturated carbocycles. The molecule has 1 atom stereocenters. The van der Waals surface area contributed by atoms with Crippen LogP contribution in [0, 0.1) is 10.1 Å². The average molecular weight is 286 g/mol. The van der Waals surface area contributed by atoms with Crippen LogP contribution in [-0.2, 0) is 4.79 Å². The van der Waals surface area contributed by atoms with Crippen LogP contribution in [0.25, 0.3) is 0 Å². The molecule has 19 heavy (non-hydrogen) atoms. The van der Waals surface area contributed by atoms with Gasteiger partial charge in [-0.1, -0.05) is 11.6 Å². The summed E-state index contributed by atoms with van der Waals surface area (Å²) >= 11 is 5.81. The van der Waals surface area contributed by atoms with Crippen LogP contribution in [0.5, 0.6) is 0 Å². The minimum atomic E-state index is -0.625. The fourth-order valence-electron chi connectivity index (χ4n) is 1.46. The molecule has 1 unspecified atom stereocenters. The minimum absolute atomic E-state index is 0.0211. The van der Waals surface area contributed by atoms with Crippen LogP contribution in [0.4, 0.5) is 5.69 Å². The lowest BCUT2D eigenvalue weighted by Crippen LogP contribution is -2.35. The van der Waals surface area contributed by atoms with Crippen LogP contribution in [0.15, 0.2) is 18.2 Å². The summed E-state index contributed by atoms with van der Waals surface area (Å²) in [6.07, 6.45) is -0.0295. The number of nitrogens with two attached hydrogens (primary N) is 1. The fraction of sp³-hybridized carbons (Fsp3) is 0.273. The van der Waals surface area contributed by atoms with E-state index >= 15 is 0 Å². The zero-order valence-electron chi connectivity index (χ0n) is 10.1. The summed E-state index contributed by atoms with van der Waals surface area (Å²) < 4.78 is 0. The number of benzene rings is 1. The second-order valence-corrected chi connectivity index (χ2v) is 4.37. The van der Waals surface area contributed by atoms with Crippen molar-refractivity contribution in [2.75, 3.05) is 0 Å². The number of nitrogens with zero attached hydrogens (tertiary/aromatic N) is 1. The second kappa shape index (κ2) is 6.14. The molecular formula is C11H12ClN3O4. The number of carbonyl (C=O) groups excluding carboxylic acids is 2. The van der Waals surface area contributed by atoms with E-state index in [1.807, 2.05) is 0 Å². The minimum Gasteiger partial charge on any atom is -0.370 e. The maximum Gasteiger partial charge on any atom is 0.270 e. The number of hydrogen-bond acceptors (Lipinski definition) is 4. The van der Waals surface area contributed by atoms with Crippen molar-refractivity contribution in [3.63, 3.8) is 0 Å². The quantitative estimate of drug-likeness (QED) is 0.625. The second-order valence-electron chi connectivity index (χ2n) is 3.97. The first-order chi connectivity index (χ1) is 8.81. The summed E-state index contributed by atoms with van der Waals surface area (Å²) in [5.41, 5.74) is 4.74. The highest BCUT2D eigenvalue weighted by molar-refractivity contribution is 6.33. The van der Waals surface area contributed by atoms with Gasteiger partial charge in [0.2, 0.25) is 5.91 Å². The molecule has 0 fully saturated rings. The molecule has 0 aliphatic heterocycles. The molecule has 0 aromatic heterocycles. The van der Waals surface area contributed by atoms with Crippen LogP contribution in [0.2, 0.25) is 5.02 Å². The Morgan fingerprint density at radius 3 is 2.68 bits per heavy atom. The molecule has 1 aromatic carbocycles. The van der Waals surface area contributed by atoms with E-state index in [-0.39, 0.29) is 22.7 Å². The van der Waals surface area contributed by atoms with Crippen molar-refractivity contribution in [2.45, 2.75) is 19.4 Å². The highest BCUT2D eigenvalue weighted by Gasteiger charge is 2.17. The molecule has 0 heterocycles. The Balaban J connectivity index is 2.90. The highest BCUT2D eigenvalue weighted by Crippen LogP contribution is 2.22. The topological polar surface area (TPSA) is 115 Å². The summed E-state index contributed by atoms with van der Waals surface area (Å²) in [5, 5.41) is 13.2. The third-order valence-corrected chi connectivity index (χ3v) is 2.62. The van der Waals surface area contributed by atoms with Crippen LogP contribution >= 0.6 is 11.6 Å². The molecule has 102 valence electrons. The van der Waals surface area contributed by atoms with Crippen molar-refractivity contribution in [3.8, 4) is 0 Å².